The number of nitrogens with zero attached hydrogens (tertiary/aromatic N) is 1. The van der Waals surface area contributed by atoms with Gasteiger partial charge in [0.1, 0.15) is 11.6 Å². The summed E-state index contributed by atoms with van der Waals surface area (Å²) in [5, 5.41) is 7.83. The molecule has 0 aliphatic heterocycles. The number of ether oxygens (including phenoxy) is 1. The number of benzene rings is 2. The summed E-state index contributed by atoms with van der Waals surface area (Å²) in [6, 6.07) is 13.0. The number of methoxy groups -OCH3 is 1. The van der Waals surface area contributed by atoms with Crippen LogP contribution in [0, 0.1) is 5.82 Å². The van der Waals surface area contributed by atoms with E-state index in [-0.39, 0.29) is 11.8 Å². The Morgan fingerprint density at radius 1 is 1.10 bits per heavy atom. The fourth-order valence-corrected chi connectivity index (χ4v) is 3.57. The monoisotopic (exact) mass is 427 g/mol. The highest BCUT2D eigenvalue weighted by molar-refractivity contribution is 7.14. The minimum absolute atomic E-state index is 0.0604. The van der Waals surface area contributed by atoms with Gasteiger partial charge in [0.15, 0.2) is 5.13 Å². The summed E-state index contributed by atoms with van der Waals surface area (Å²) < 4.78 is 18.3. The van der Waals surface area contributed by atoms with E-state index in [1.54, 1.807) is 7.11 Å². The lowest BCUT2D eigenvalue weighted by Crippen LogP contribution is -2.26. The SMILES string of the molecule is COc1ccccc1CCNC(=O)CCc1csc(NC(=O)c2ccc(F)cc2)n1. The third-order valence-electron chi connectivity index (χ3n) is 4.40. The number of anilines is 1. The van der Waals surface area contributed by atoms with Crippen LogP contribution < -0.4 is 15.4 Å². The molecule has 0 saturated carbocycles. The number of para-hydroxylation sites is 1. The van der Waals surface area contributed by atoms with Crippen LogP contribution in [-0.2, 0) is 17.6 Å². The normalized spacial score (nSPS) is 10.5. The van der Waals surface area contributed by atoms with Crippen molar-refractivity contribution in [2.45, 2.75) is 19.3 Å². The summed E-state index contributed by atoms with van der Waals surface area (Å²) in [5.41, 5.74) is 2.12. The summed E-state index contributed by atoms with van der Waals surface area (Å²) in [7, 11) is 1.63. The Hall–Kier alpha value is -3.26. The first kappa shape index (κ1) is 21.4. The molecule has 0 radical (unpaired) electrons. The molecule has 0 unspecified atom stereocenters. The molecular weight excluding hydrogens is 405 g/mol. The molecule has 3 rings (SSSR count). The Labute approximate surface area is 178 Å². The standard InChI is InChI=1S/C22H22FN3O3S/c1-29-19-5-3-2-4-15(19)12-13-24-20(27)11-10-18-14-30-22(25-18)26-21(28)16-6-8-17(23)9-7-16/h2-9,14H,10-13H2,1H3,(H,24,27)(H,25,26,28). The van der Waals surface area contributed by atoms with E-state index in [9.17, 15) is 14.0 Å². The van der Waals surface area contributed by atoms with Gasteiger partial charge in [-0.25, -0.2) is 9.37 Å². The number of halogens is 1. The lowest BCUT2D eigenvalue weighted by atomic mass is 10.1. The highest BCUT2D eigenvalue weighted by atomic mass is 32.1. The van der Waals surface area contributed by atoms with Crippen molar-refractivity contribution < 1.29 is 18.7 Å². The number of aryl methyl sites for hydroxylation is 1. The number of hydrogen-bond donors (Lipinski definition) is 2. The molecule has 0 fully saturated rings. The van der Waals surface area contributed by atoms with E-state index in [0.717, 1.165) is 17.0 Å². The molecule has 156 valence electrons. The van der Waals surface area contributed by atoms with Crippen LogP contribution in [0.1, 0.15) is 28.0 Å². The predicted molar refractivity (Wildman–Crippen MR) is 114 cm³/mol. The van der Waals surface area contributed by atoms with Gasteiger partial charge in [-0.3, -0.25) is 14.9 Å². The van der Waals surface area contributed by atoms with E-state index >= 15 is 0 Å². The summed E-state index contributed by atoms with van der Waals surface area (Å²) in [4.78, 5) is 28.6. The van der Waals surface area contributed by atoms with E-state index in [2.05, 4.69) is 15.6 Å². The van der Waals surface area contributed by atoms with E-state index < -0.39 is 5.82 Å². The van der Waals surface area contributed by atoms with Gasteiger partial charge in [-0.1, -0.05) is 18.2 Å². The van der Waals surface area contributed by atoms with Gasteiger partial charge in [-0.15, -0.1) is 11.3 Å². The molecule has 2 N–H and O–H groups in total. The molecule has 0 aliphatic rings. The molecular formula is C22H22FN3O3S. The van der Waals surface area contributed by atoms with Crippen LogP contribution in [0.25, 0.3) is 0 Å². The van der Waals surface area contributed by atoms with E-state index in [1.165, 1.54) is 35.6 Å². The van der Waals surface area contributed by atoms with Gasteiger partial charge in [0.25, 0.3) is 5.91 Å². The first-order valence-corrected chi connectivity index (χ1v) is 10.3. The fourth-order valence-electron chi connectivity index (χ4n) is 2.83. The van der Waals surface area contributed by atoms with Gasteiger partial charge in [-0.2, -0.15) is 0 Å². The number of amides is 2. The van der Waals surface area contributed by atoms with Crippen molar-refractivity contribution in [2.24, 2.45) is 0 Å². The molecule has 2 aromatic carbocycles. The third kappa shape index (κ3) is 6.12. The van der Waals surface area contributed by atoms with Gasteiger partial charge in [-0.05, 0) is 48.7 Å². The third-order valence-corrected chi connectivity index (χ3v) is 5.20. The summed E-state index contributed by atoms with van der Waals surface area (Å²) in [5.74, 6) is -0.00604. The van der Waals surface area contributed by atoms with Gasteiger partial charge >= 0.3 is 0 Å². The zero-order valence-electron chi connectivity index (χ0n) is 16.5. The Morgan fingerprint density at radius 3 is 2.63 bits per heavy atom. The second-order valence-electron chi connectivity index (χ2n) is 6.52. The number of carbonyl (C=O) groups is 2. The van der Waals surface area contributed by atoms with Crippen molar-refractivity contribution in [3.63, 3.8) is 0 Å². The Bertz CT molecular complexity index is 1000. The Balaban J connectivity index is 1.41. The smallest absolute Gasteiger partial charge is 0.257 e. The van der Waals surface area contributed by atoms with Crippen LogP contribution in [-0.4, -0.2) is 30.5 Å². The molecule has 0 bridgehead atoms. The molecule has 8 heteroatoms. The van der Waals surface area contributed by atoms with Crippen LogP contribution in [0.4, 0.5) is 9.52 Å². The van der Waals surface area contributed by atoms with Crippen LogP contribution in [0.2, 0.25) is 0 Å². The number of hydrogen-bond acceptors (Lipinski definition) is 5. The first-order valence-electron chi connectivity index (χ1n) is 9.45. The second kappa shape index (κ2) is 10.5. The molecule has 1 heterocycles. The van der Waals surface area contributed by atoms with Gasteiger partial charge in [0, 0.05) is 23.9 Å². The molecule has 0 atom stereocenters. The fraction of sp³-hybridized carbons (Fsp3) is 0.227. The van der Waals surface area contributed by atoms with E-state index in [0.29, 0.717) is 36.5 Å². The highest BCUT2D eigenvalue weighted by Crippen LogP contribution is 2.18. The number of thiazole rings is 1. The summed E-state index contributed by atoms with van der Waals surface area (Å²) in [6.07, 6.45) is 1.47. The lowest BCUT2D eigenvalue weighted by Gasteiger charge is -2.09. The van der Waals surface area contributed by atoms with Crippen LogP contribution in [0.5, 0.6) is 5.75 Å². The highest BCUT2D eigenvalue weighted by Gasteiger charge is 2.10. The molecule has 2 amide bonds. The zero-order chi connectivity index (χ0) is 21.3. The van der Waals surface area contributed by atoms with Crippen molar-refractivity contribution in [3.05, 3.63) is 76.5 Å². The predicted octanol–water partition coefficient (Wildman–Crippen LogP) is 3.83. The lowest BCUT2D eigenvalue weighted by molar-refractivity contribution is -0.121. The van der Waals surface area contributed by atoms with Crippen molar-refractivity contribution in [1.29, 1.82) is 0 Å². The van der Waals surface area contributed by atoms with Crippen LogP contribution in [0.3, 0.4) is 0 Å². The second-order valence-corrected chi connectivity index (χ2v) is 7.37. The topological polar surface area (TPSA) is 80.3 Å². The first-order chi connectivity index (χ1) is 14.5. The van der Waals surface area contributed by atoms with Crippen LogP contribution >= 0.6 is 11.3 Å². The van der Waals surface area contributed by atoms with Gasteiger partial charge in [0.05, 0.1) is 12.8 Å². The molecule has 0 aliphatic carbocycles. The summed E-state index contributed by atoms with van der Waals surface area (Å²) in [6.45, 7) is 0.523. The molecule has 6 nitrogen and oxygen atoms in total. The molecule has 30 heavy (non-hydrogen) atoms. The minimum Gasteiger partial charge on any atom is -0.496 e. The van der Waals surface area contributed by atoms with Crippen molar-refractivity contribution in [1.82, 2.24) is 10.3 Å². The largest absolute Gasteiger partial charge is 0.496 e. The maximum absolute atomic E-state index is 12.9. The Morgan fingerprint density at radius 2 is 1.87 bits per heavy atom. The Kier molecular flexibility index (Phi) is 7.51. The maximum Gasteiger partial charge on any atom is 0.257 e. The van der Waals surface area contributed by atoms with Crippen LogP contribution in [0.15, 0.2) is 53.9 Å². The number of nitrogens with one attached hydrogen (secondary N) is 2. The number of carbonyl (C=O) groups excluding carboxylic acids is 2. The number of aromatic nitrogens is 1. The average molecular weight is 428 g/mol. The van der Waals surface area contributed by atoms with Crippen molar-refractivity contribution in [2.75, 3.05) is 19.0 Å². The summed E-state index contributed by atoms with van der Waals surface area (Å²) >= 11 is 1.28. The minimum atomic E-state index is -0.399. The quantitative estimate of drug-likeness (QED) is 0.544. The average Bonchev–Trinajstić information content (AvgIpc) is 3.20. The molecule has 0 saturated heterocycles. The molecule has 0 spiro atoms. The van der Waals surface area contributed by atoms with E-state index in [4.69, 9.17) is 4.74 Å². The van der Waals surface area contributed by atoms with Gasteiger partial charge < -0.3 is 10.1 Å². The van der Waals surface area contributed by atoms with Gasteiger partial charge in [0.2, 0.25) is 5.91 Å². The van der Waals surface area contributed by atoms with Crippen molar-refractivity contribution in [3.8, 4) is 5.75 Å². The number of rotatable bonds is 9. The van der Waals surface area contributed by atoms with Crippen molar-refractivity contribution >= 4 is 28.3 Å². The molecule has 3 aromatic rings. The van der Waals surface area contributed by atoms with E-state index in [1.807, 2.05) is 29.6 Å². The molecule has 1 aromatic heterocycles. The maximum atomic E-state index is 12.9. The zero-order valence-corrected chi connectivity index (χ0v) is 17.3.